The van der Waals surface area contributed by atoms with Gasteiger partial charge in [0.2, 0.25) is 0 Å². The Morgan fingerprint density at radius 2 is 1.42 bits per heavy atom. The van der Waals surface area contributed by atoms with Crippen molar-refractivity contribution < 1.29 is 5.11 Å². The highest BCUT2D eigenvalue weighted by Gasteiger charge is 2.11. The Balaban J connectivity index is 2.56. The number of rotatable bonds is 2. The Morgan fingerprint density at radius 1 is 0.842 bits per heavy atom. The molecule has 1 nitrogen and oxygen atoms in total. The van der Waals surface area contributed by atoms with Gasteiger partial charge in [-0.05, 0) is 35.4 Å². The van der Waals surface area contributed by atoms with Crippen molar-refractivity contribution in [2.75, 3.05) is 0 Å². The largest absolute Gasteiger partial charge is 0.506 e. The van der Waals surface area contributed by atoms with Crippen molar-refractivity contribution in [3.8, 4) is 5.75 Å². The average Bonchev–Trinajstić information content (AvgIpc) is 2.36. The van der Waals surface area contributed by atoms with Crippen LogP contribution in [-0.4, -0.2) is 5.11 Å². The van der Waals surface area contributed by atoms with Gasteiger partial charge in [0.05, 0.1) is 5.02 Å². The fraction of sp³-hybridized carbons (Fsp3) is 0. The quantitative estimate of drug-likeness (QED) is 0.726. The summed E-state index contributed by atoms with van der Waals surface area (Å²) in [4.78, 5) is 0. The number of hydrogen-bond acceptors (Lipinski definition) is 1. The minimum Gasteiger partial charge on any atom is -0.506 e. The number of halogens is 4. The molecular weight excluding hydrogens is 326 g/mol. The van der Waals surface area contributed by atoms with Crippen LogP contribution in [-0.2, 0) is 0 Å². The summed E-state index contributed by atoms with van der Waals surface area (Å²) in [6, 6.07) is 11.9. The summed E-state index contributed by atoms with van der Waals surface area (Å²) in [5.41, 5.74) is 2.15. The third-order valence-corrected chi connectivity index (χ3v) is 3.49. The summed E-state index contributed by atoms with van der Waals surface area (Å²) in [6.07, 6.45) is 0. The second-order valence-corrected chi connectivity index (χ2v) is 5.60. The normalized spacial score (nSPS) is 10.3. The van der Waals surface area contributed by atoms with Crippen LogP contribution in [0.1, 0.15) is 11.1 Å². The van der Waals surface area contributed by atoms with Crippen molar-refractivity contribution in [3.05, 3.63) is 68.1 Å². The van der Waals surface area contributed by atoms with Crippen LogP contribution in [0.15, 0.2) is 47.0 Å². The van der Waals surface area contributed by atoms with Crippen LogP contribution >= 0.6 is 46.4 Å². The molecule has 0 radical (unpaired) electrons. The molecule has 0 fully saturated rings. The summed E-state index contributed by atoms with van der Waals surface area (Å²) in [7, 11) is 0. The zero-order valence-electron chi connectivity index (χ0n) is 9.50. The summed E-state index contributed by atoms with van der Waals surface area (Å²) in [5, 5.41) is 10.3. The Kier molecular flexibility index (Phi) is 4.64. The van der Waals surface area contributed by atoms with Crippen molar-refractivity contribution in [1.29, 1.82) is 0 Å². The van der Waals surface area contributed by atoms with Gasteiger partial charge in [-0.2, -0.15) is 0 Å². The monoisotopic (exact) mass is 332 g/mol. The van der Waals surface area contributed by atoms with E-state index in [-0.39, 0.29) is 15.3 Å². The van der Waals surface area contributed by atoms with Crippen LogP contribution in [0.4, 0.5) is 0 Å². The molecule has 0 unspecified atom stereocenters. The van der Waals surface area contributed by atoms with E-state index in [1.54, 1.807) is 24.3 Å². The molecule has 2 rings (SSSR count). The topological polar surface area (TPSA) is 20.2 Å². The van der Waals surface area contributed by atoms with Gasteiger partial charge in [0, 0.05) is 10.6 Å². The molecule has 0 heterocycles. The molecule has 0 aliphatic rings. The molecule has 2 aromatic carbocycles. The molecule has 0 aliphatic carbocycles. The molecule has 19 heavy (non-hydrogen) atoms. The second kappa shape index (κ2) is 6.06. The van der Waals surface area contributed by atoms with Crippen molar-refractivity contribution in [2.45, 2.75) is 0 Å². The molecule has 2 aromatic rings. The van der Waals surface area contributed by atoms with E-state index in [1.165, 1.54) is 6.07 Å². The molecule has 0 atom stereocenters. The number of phenolic OH excluding ortho intramolecular Hbond substituents is 1. The summed E-state index contributed by atoms with van der Waals surface area (Å²) in [5.74, 6) is 0.00608. The molecule has 0 amide bonds. The maximum absolute atomic E-state index is 9.44. The van der Waals surface area contributed by atoms with Gasteiger partial charge in [-0.15, -0.1) is 0 Å². The Bertz CT molecular complexity index is 628. The molecule has 5 heteroatoms. The summed E-state index contributed by atoms with van der Waals surface area (Å²) >= 11 is 23.6. The zero-order chi connectivity index (χ0) is 14.0. The van der Waals surface area contributed by atoms with Crippen molar-refractivity contribution >= 4 is 52.0 Å². The van der Waals surface area contributed by atoms with E-state index in [0.717, 1.165) is 5.56 Å². The highest BCUT2D eigenvalue weighted by Crippen LogP contribution is 2.35. The molecule has 0 spiro atoms. The molecule has 0 saturated carbocycles. The van der Waals surface area contributed by atoms with Crippen LogP contribution in [0.25, 0.3) is 5.57 Å². The minimum atomic E-state index is 0.00608. The lowest BCUT2D eigenvalue weighted by atomic mass is 9.99. The first-order valence-electron chi connectivity index (χ1n) is 5.29. The molecule has 0 aromatic heterocycles. The van der Waals surface area contributed by atoms with Crippen LogP contribution in [0.5, 0.6) is 5.75 Å². The minimum absolute atomic E-state index is 0.00608. The molecule has 0 bridgehead atoms. The highest BCUT2D eigenvalue weighted by molar-refractivity contribution is 6.59. The fourth-order valence-electron chi connectivity index (χ4n) is 1.66. The molecule has 0 aliphatic heterocycles. The predicted octanol–water partition coefficient (Wildman–Crippen LogP) is 5.89. The van der Waals surface area contributed by atoms with Gasteiger partial charge in [-0.3, -0.25) is 0 Å². The summed E-state index contributed by atoms with van der Waals surface area (Å²) in [6.45, 7) is 0. The maximum Gasteiger partial charge on any atom is 0.134 e. The van der Waals surface area contributed by atoms with E-state index >= 15 is 0 Å². The van der Waals surface area contributed by atoms with Gasteiger partial charge in [0.25, 0.3) is 0 Å². The van der Waals surface area contributed by atoms with Crippen LogP contribution in [0, 0.1) is 0 Å². The maximum atomic E-state index is 9.44. The van der Waals surface area contributed by atoms with Gasteiger partial charge >= 0.3 is 0 Å². The number of phenols is 1. The molecule has 1 N–H and O–H groups in total. The number of hydrogen-bond donors (Lipinski definition) is 1. The Hall–Kier alpha value is -0.860. The third-order valence-electron chi connectivity index (χ3n) is 2.56. The lowest BCUT2D eigenvalue weighted by Crippen LogP contribution is -1.89. The van der Waals surface area contributed by atoms with Gasteiger partial charge in [0.15, 0.2) is 0 Å². The lowest BCUT2D eigenvalue weighted by molar-refractivity contribution is 0.475. The SMILES string of the molecule is Oc1ccc(C(=C(Cl)Cl)c2ccc(Cl)cc2)cc1Cl. The first kappa shape index (κ1) is 14.5. The van der Waals surface area contributed by atoms with Gasteiger partial charge < -0.3 is 5.11 Å². The van der Waals surface area contributed by atoms with E-state index in [4.69, 9.17) is 46.4 Å². The van der Waals surface area contributed by atoms with Gasteiger partial charge in [-0.1, -0.05) is 64.6 Å². The molecular formula is C14H8Cl4O. The van der Waals surface area contributed by atoms with Crippen LogP contribution in [0.2, 0.25) is 10.0 Å². The smallest absolute Gasteiger partial charge is 0.134 e. The Morgan fingerprint density at radius 3 is 1.95 bits per heavy atom. The first-order chi connectivity index (χ1) is 8.99. The van der Waals surface area contributed by atoms with Crippen molar-refractivity contribution in [1.82, 2.24) is 0 Å². The third kappa shape index (κ3) is 3.37. The highest BCUT2D eigenvalue weighted by atomic mass is 35.5. The van der Waals surface area contributed by atoms with E-state index < -0.39 is 0 Å². The van der Waals surface area contributed by atoms with E-state index in [2.05, 4.69) is 0 Å². The second-order valence-electron chi connectivity index (χ2n) is 3.81. The van der Waals surface area contributed by atoms with E-state index in [1.807, 2.05) is 12.1 Å². The zero-order valence-corrected chi connectivity index (χ0v) is 12.5. The molecule has 0 saturated heterocycles. The van der Waals surface area contributed by atoms with E-state index in [0.29, 0.717) is 16.2 Å². The fourth-order valence-corrected chi connectivity index (χ4v) is 2.41. The van der Waals surface area contributed by atoms with Gasteiger partial charge in [0.1, 0.15) is 10.2 Å². The summed E-state index contributed by atoms with van der Waals surface area (Å²) < 4.78 is 0.115. The number of aromatic hydroxyl groups is 1. The number of benzene rings is 2. The average molecular weight is 334 g/mol. The molecule has 98 valence electrons. The van der Waals surface area contributed by atoms with Gasteiger partial charge in [-0.25, -0.2) is 0 Å². The first-order valence-corrected chi connectivity index (χ1v) is 6.80. The van der Waals surface area contributed by atoms with Crippen LogP contribution in [0.3, 0.4) is 0 Å². The van der Waals surface area contributed by atoms with Crippen LogP contribution < -0.4 is 0 Å². The van der Waals surface area contributed by atoms with E-state index in [9.17, 15) is 5.11 Å². The standard InChI is InChI=1S/C14H8Cl4O/c15-10-4-1-8(2-5-10)13(14(17)18)9-3-6-12(19)11(16)7-9/h1-7,19H. The van der Waals surface area contributed by atoms with Crippen molar-refractivity contribution in [2.24, 2.45) is 0 Å². The Labute approximate surface area is 131 Å². The van der Waals surface area contributed by atoms with Crippen molar-refractivity contribution in [3.63, 3.8) is 0 Å². The lowest BCUT2D eigenvalue weighted by Gasteiger charge is -2.10. The predicted molar refractivity (Wildman–Crippen MR) is 82.3 cm³/mol.